The van der Waals surface area contributed by atoms with Gasteiger partial charge in [0.25, 0.3) is 0 Å². The van der Waals surface area contributed by atoms with Crippen molar-refractivity contribution in [1.29, 1.82) is 0 Å². The molecule has 2 saturated carbocycles. The summed E-state index contributed by atoms with van der Waals surface area (Å²) in [7, 11) is 0. The molecule has 14 heavy (non-hydrogen) atoms. The molecule has 0 radical (unpaired) electrons. The van der Waals surface area contributed by atoms with Crippen molar-refractivity contribution in [2.75, 3.05) is 6.61 Å². The first-order valence-corrected chi connectivity index (χ1v) is 5.10. The number of carbonyl (C=O) groups is 1. The van der Waals surface area contributed by atoms with E-state index in [9.17, 15) is 9.90 Å². The third-order valence-corrected chi connectivity index (χ3v) is 3.79. The molecule has 0 saturated heterocycles. The fourth-order valence-corrected chi connectivity index (χ4v) is 3.00. The molecule has 2 bridgehead atoms. The minimum absolute atomic E-state index is 0.0747. The van der Waals surface area contributed by atoms with Crippen LogP contribution in [0.3, 0.4) is 0 Å². The van der Waals surface area contributed by atoms with Gasteiger partial charge in [0.15, 0.2) is 0 Å². The Morgan fingerprint density at radius 2 is 2.29 bits per heavy atom. The fourth-order valence-electron chi connectivity index (χ4n) is 3.00. The van der Waals surface area contributed by atoms with Gasteiger partial charge < -0.3 is 10.2 Å². The number of rotatable bonds is 2. The lowest BCUT2D eigenvalue weighted by Gasteiger charge is -2.36. The summed E-state index contributed by atoms with van der Waals surface area (Å²) >= 11 is 0. The van der Waals surface area contributed by atoms with Crippen molar-refractivity contribution in [3.8, 4) is 0 Å². The maximum atomic E-state index is 11.5. The van der Waals surface area contributed by atoms with Crippen LogP contribution < -0.4 is 0 Å². The maximum absolute atomic E-state index is 11.5. The molecule has 3 nitrogen and oxygen atoms in total. The molecule has 0 aromatic carbocycles. The average Bonchev–Trinajstić information content (AvgIpc) is 2.27. The molecule has 0 aliphatic heterocycles. The van der Waals surface area contributed by atoms with Gasteiger partial charge in [-0.2, -0.15) is 0 Å². The second kappa shape index (κ2) is 3.17. The second-order valence-electron chi connectivity index (χ2n) is 4.56. The van der Waals surface area contributed by atoms with Gasteiger partial charge in [0.05, 0.1) is 12.0 Å². The van der Waals surface area contributed by atoms with Crippen molar-refractivity contribution < 1.29 is 15.0 Å². The molecule has 0 aromatic heterocycles. The minimum Gasteiger partial charge on any atom is -0.396 e. The lowest BCUT2D eigenvalue weighted by Crippen LogP contribution is -2.41. The number of hydrogen-bond donors (Lipinski definition) is 2. The molecule has 0 unspecified atom stereocenters. The van der Waals surface area contributed by atoms with Crippen LogP contribution >= 0.6 is 0 Å². The normalized spacial score (nSPS) is 41.9. The first-order chi connectivity index (χ1) is 6.60. The van der Waals surface area contributed by atoms with Gasteiger partial charge in [-0.05, 0) is 19.3 Å². The molecule has 3 atom stereocenters. The minimum atomic E-state index is -0.608. The second-order valence-corrected chi connectivity index (χ2v) is 4.56. The van der Waals surface area contributed by atoms with Gasteiger partial charge >= 0.3 is 0 Å². The van der Waals surface area contributed by atoms with Crippen molar-refractivity contribution in [2.45, 2.75) is 31.8 Å². The van der Waals surface area contributed by atoms with Crippen molar-refractivity contribution in [3.63, 3.8) is 0 Å². The number of Topliss-reactive ketones (excluding diaryl/α,β-unsaturated/α-hetero) is 1. The van der Waals surface area contributed by atoms with E-state index in [-0.39, 0.29) is 23.7 Å². The summed E-state index contributed by atoms with van der Waals surface area (Å²) in [5, 5.41) is 19.0. The molecule has 3 heteroatoms. The Kier molecular flexibility index (Phi) is 2.24. The Hall–Kier alpha value is -0.670. The van der Waals surface area contributed by atoms with Crippen LogP contribution in [0.25, 0.3) is 0 Å². The smallest absolute Gasteiger partial charge is 0.142 e. The van der Waals surface area contributed by atoms with E-state index >= 15 is 0 Å². The Bertz CT molecular complexity index is 284. The van der Waals surface area contributed by atoms with Crippen LogP contribution in [-0.2, 0) is 4.79 Å². The highest BCUT2D eigenvalue weighted by Gasteiger charge is 2.54. The third kappa shape index (κ3) is 1.16. The number of fused-ring (bicyclic) bond motifs is 2. The molecule has 2 aliphatic rings. The molecule has 0 amide bonds. The highest BCUT2D eigenvalue weighted by molar-refractivity contribution is 5.86. The van der Waals surface area contributed by atoms with Crippen molar-refractivity contribution in [2.24, 2.45) is 11.3 Å². The van der Waals surface area contributed by atoms with E-state index in [1.54, 1.807) is 0 Å². The number of ketones is 1. The molecule has 0 heterocycles. The summed E-state index contributed by atoms with van der Waals surface area (Å²) in [6.07, 6.45) is 1.90. The van der Waals surface area contributed by atoms with Crippen molar-refractivity contribution >= 4 is 5.78 Å². The highest BCUT2D eigenvalue weighted by atomic mass is 16.3. The average molecular weight is 196 g/mol. The molecule has 0 aromatic rings. The van der Waals surface area contributed by atoms with Gasteiger partial charge in [-0.3, -0.25) is 4.79 Å². The molecule has 0 spiro atoms. The quantitative estimate of drug-likeness (QED) is 0.638. The van der Waals surface area contributed by atoms with Crippen molar-refractivity contribution in [3.05, 3.63) is 12.2 Å². The third-order valence-electron chi connectivity index (χ3n) is 3.79. The lowest BCUT2D eigenvalue weighted by molar-refractivity contribution is -0.132. The number of carbonyl (C=O) groups excluding carboxylic acids is 1. The number of aliphatic hydroxyl groups is 2. The molecule has 2 aliphatic carbocycles. The summed E-state index contributed by atoms with van der Waals surface area (Å²) in [6.45, 7) is 3.94. The van der Waals surface area contributed by atoms with E-state index in [4.69, 9.17) is 5.11 Å². The summed E-state index contributed by atoms with van der Waals surface area (Å²) < 4.78 is 0. The summed E-state index contributed by atoms with van der Waals surface area (Å²) in [5.41, 5.74) is 0.596. The van der Waals surface area contributed by atoms with Gasteiger partial charge in [0.2, 0.25) is 0 Å². The Morgan fingerprint density at radius 1 is 1.57 bits per heavy atom. The Morgan fingerprint density at radius 3 is 2.93 bits per heavy atom. The predicted octanol–water partition coefficient (Wildman–Crippen LogP) is 0.655. The SMILES string of the molecule is C=C1C[C@@]2(CCO)CCC(=O)[C@@H]1[C@@H]2O. The van der Waals surface area contributed by atoms with Gasteiger partial charge in [0, 0.05) is 18.4 Å². The molecular formula is C11H16O3. The molecular weight excluding hydrogens is 180 g/mol. The van der Waals surface area contributed by atoms with E-state index in [1.165, 1.54) is 0 Å². The zero-order valence-corrected chi connectivity index (χ0v) is 8.20. The van der Waals surface area contributed by atoms with Crippen molar-refractivity contribution in [1.82, 2.24) is 0 Å². The monoisotopic (exact) mass is 196 g/mol. The molecule has 2 fully saturated rings. The van der Waals surface area contributed by atoms with Crippen LogP contribution in [0, 0.1) is 11.3 Å². The molecule has 78 valence electrons. The van der Waals surface area contributed by atoms with E-state index in [0.29, 0.717) is 25.7 Å². The van der Waals surface area contributed by atoms with Crippen LogP contribution in [0.15, 0.2) is 12.2 Å². The van der Waals surface area contributed by atoms with Crippen LogP contribution in [0.5, 0.6) is 0 Å². The largest absolute Gasteiger partial charge is 0.396 e. The Labute approximate surface area is 83.4 Å². The molecule has 2 rings (SSSR count). The topological polar surface area (TPSA) is 57.5 Å². The fraction of sp³-hybridized carbons (Fsp3) is 0.727. The first-order valence-electron chi connectivity index (χ1n) is 5.10. The van der Waals surface area contributed by atoms with Gasteiger partial charge in [-0.1, -0.05) is 12.2 Å². The summed E-state index contributed by atoms with van der Waals surface area (Å²) in [4.78, 5) is 11.5. The number of hydrogen-bond acceptors (Lipinski definition) is 3. The summed E-state index contributed by atoms with van der Waals surface area (Å²) in [6, 6.07) is 0. The maximum Gasteiger partial charge on any atom is 0.142 e. The van der Waals surface area contributed by atoms with E-state index in [0.717, 1.165) is 5.57 Å². The molecule has 2 N–H and O–H groups in total. The van der Waals surface area contributed by atoms with E-state index in [1.807, 2.05) is 0 Å². The van der Waals surface area contributed by atoms with Gasteiger partial charge in [-0.25, -0.2) is 0 Å². The van der Waals surface area contributed by atoms with Gasteiger partial charge in [0.1, 0.15) is 5.78 Å². The van der Waals surface area contributed by atoms with Crippen LogP contribution in [0.4, 0.5) is 0 Å². The zero-order valence-electron chi connectivity index (χ0n) is 8.20. The van der Waals surface area contributed by atoms with Crippen LogP contribution in [0.1, 0.15) is 25.7 Å². The van der Waals surface area contributed by atoms with Crippen LogP contribution in [0.2, 0.25) is 0 Å². The zero-order chi connectivity index (χ0) is 10.3. The Balaban J connectivity index is 2.30. The van der Waals surface area contributed by atoms with Crippen LogP contribution in [-0.4, -0.2) is 28.7 Å². The summed E-state index contributed by atoms with van der Waals surface area (Å²) in [5.74, 6) is -0.233. The van der Waals surface area contributed by atoms with E-state index in [2.05, 4.69) is 6.58 Å². The predicted molar refractivity (Wildman–Crippen MR) is 51.6 cm³/mol. The van der Waals surface area contributed by atoms with E-state index < -0.39 is 6.10 Å². The highest BCUT2D eigenvalue weighted by Crippen LogP contribution is 2.54. The standard InChI is InChI=1S/C11H16O3/c1-7-6-11(4-5-12)3-2-8(13)9(7)10(11)14/h9-10,12,14H,1-6H2/t9-,10+,11+/m1/s1. The number of aliphatic hydroxyl groups excluding tert-OH is 2. The lowest BCUT2D eigenvalue weighted by atomic mass is 9.71. The first kappa shape index (κ1) is 9.87. The van der Waals surface area contributed by atoms with Gasteiger partial charge in [-0.15, -0.1) is 0 Å².